The van der Waals surface area contributed by atoms with Gasteiger partial charge in [-0.3, -0.25) is 9.69 Å². The zero-order chi connectivity index (χ0) is 14.1. The lowest BCUT2D eigenvalue weighted by atomic mass is 10.0. The molecule has 2 rings (SSSR count). The van der Waals surface area contributed by atoms with Crippen molar-refractivity contribution in [1.29, 1.82) is 0 Å². The van der Waals surface area contributed by atoms with Gasteiger partial charge < -0.3 is 14.8 Å². The molecule has 1 atom stereocenters. The van der Waals surface area contributed by atoms with Crippen molar-refractivity contribution in [3.05, 3.63) is 0 Å². The molecule has 0 aromatic heterocycles. The van der Waals surface area contributed by atoms with E-state index in [1.807, 2.05) is 27.7 Å². The summed E-state index contributed by atoms with van der Waals surface area (Å²) in [6.45, 7) is 11.1. The normalized spacial score (nSPS) is 25.5. The van der Waals surface area contributed by atoms with Gasteiger partial charge in [0.05, 0.1) is 19.3 Å². The highest BCUT2D eigenvalue weighted by Crippen LogP contribution is 2.31. The molecule has 0 bridgehead atoms. The molecule has 2 aliphatic heterocycles. The smallest absolute Gasteiger partial charge is 0.237 e. The van der Waals surface area contributed by atoms with Crippen molar-refractivity contribution >= 4 is 5.91 Å². The van der Waals surface area contributed by atoms with Crippen LogP contribution >= 0.6 is 0 Å². The van der Waals surface area contributed by atoms with Crippen LogP contribution in [0.3, 0.4) is 0 Å². The molecule has 0 radical (unpaired) electrons. The van der Waals surface area contributed by atoms with E-state index in [9.17, 15) is 4.79 Å². The molecule has 1 N–H and O–H groups in total. The minimum Gasteiger partial charge on any atom is -0.350 e. The zero-order valence-corrected chi connectivity index (χ0v) is 12.5. The summed E-state index contributed by atoms with van der Waals surface area (Å²) in [6, 6.07) is -0.0991. The molecule has 110 valence electrons. The van der Waals surface area contributed by atoms with Crippen LogP contribution in [0.5, 0.6) is 0 Å². The fourth-order valence-corrected chi connectivity index (χ4v) is 2.68. The Morgan fingerprint density at radius 1 is 1.21 bits per heavy atom. The van der Waals surface area contributed by atoms with Crippen LogP contribution in [-0.2, 0) is 14.3 Å². The molecule has 5 nitrogen and oxygen atoms in total. The van der Waals surface area contributed by atoms with Gasteiger partial charge in [0.15, 0.2) is 5.79 Å². The minimum absolute atomic E-state index is 0.0942. The molecule has 19 heavy (non-hydrogen) atoms. The van der Waals surface area contributed by atoms with Crippen molar-refractivity contribution in [1.82, 2.24) is 10.2 Å². The van der Waals surface area contributed by atoms with Gasteiger partial charge in [0, 0.05) is 31.5 Å². The maximum absolute atomic E-state index is 12.2. The van der Waals surface area contributed by atoms with Gasteiger partial charge in [0.25, 0.3) is 0 Å². The third kappa shape index (κ3) is 3.68. The van der Waals surface area contributed by atoms with E-state index < -0.39 is 0 Å². The lowest BCUT2D eigenvalue weighted by Crippen LogP contribution is -2.55. The number of rotatable bonds is 2. The molecule has 0 aromatic rings. The third-order valence-electron chi connectivity index (χ3n) is 3.80. The van der Waals surface area contributed by atoms with E-state index in [1.54, 1.807) is 0 Å². The lowest BCUT2D eigenvalue weighted by Gasteiger charge is -2.40. The molecule has 2 fully saturated rings. The summed E-state index contributed by atoms with van der Waals surface area (Å²) in [4.78, 5) is 14.4. The quantitative estimate of drug-likeness (QED) is 0.817. The molecule has 1 amide bonds. The average molecular weight is 270 g/mol. The summed E-state index contributed by atoms with van der Waals surface area (Å²) in [7, 11) is 0. The van der Waals surface area contributed by atoms with Gasteiger partial charge in [-0.15, -0.1) is 0 Å². The van der Waals surface area contributed by atoms with Crippen LogP contribution in [0.25, 0.3) is 0 Å². The number of carbonyl (C=O) groups excluding carboxylic acids is 1. The summed E-state index contributed by atoms with van der Waals surface area (Å²) in [6.07, 6.45) is 1.69. The van der Waals surface area contributed by atoms with Crippen LogP contribution in [0.15, 0.2) is 0 Å². The molecule has 0 aromatic carbocycles. The van der Waals surface area contributed by atoms with Crippen LogP contribution in [0.2, 0.25) is 0 Å². The number of piperidine rings is 1. The van der Waals surface area contributed by atoms with E-state index in [-0.39, 0.29) is 23.3 Å². The third-order valence-corrected chi connectivity index (χ3v) is 3.80. The van der Waals surface area contributed by atoms with Crippen LogP contribution in [0, 0.1) is 0 Å². The Balaban J connectivity index is 1.85. The second kappa shape index (κ2) is 5.38. The highest BCUT2D eigenvalue weighted by atomic mass is 16.7. The fourth-order valence-electron chi connectivity index (χ4n) is 2.68. The molecule has 0 saturated carbocycles. The van der Waals surface area contributed by atoms with E-state index in [4.69, 9.17) is 9.47 Å². The number of amides is 1. The van der Waals surface area contributed by atoms with Crippen LogP contribution in [0.1, 0.15) is 40.5 Å². The van der Waals surface area contributed by atoms with E-state index in [2.05, 4.69) is 10.2 Å². The second-order valence-corrected chi connectivity index (χ2v) is 6.56. The Labute approximate surface area is 115 Å². The number of ether oxygens (including phenoxy) is 2. The first-order valence-corrected chi connectivity index (χ1v) is 7.15. The molecular formula is C14H26N2O3. The molecule has 2 saturated heterocycles. The van der Waals surface area contributed by atoms with E-state index in [0.29, 0.717) is 13.2 Å². The van der Waals surface area contributed by atoms with E-state index in [1.165, 1.54) is 0 Å². The number of nitrogens with one attached hydrogen (secondary N) is 1. The first-order valence-electron chi connectivity index (χ1n) is 7.15. The maximum Gasteiger partial charge on any atom is 0.237 e. The van der Waals surface area contributed by atoms with Gasteiger partial charge in [0.1, 0.15) is 0 Å². The molecule has 0 aliphatic carbocycles. The summed E-state index contributed by atoms with van der Waals surface area (Å²) in [5, 5.41) is 3.03. The molecular weight excluding hydrogens is 244 g/mol. The lowest BCUT2D eigenvalue weighted by molar-refractivity contribution is -0.188. The molecule has 1 spiro atoms. The van der Waals surface area contributed by atoms with Crippen molar-refractivity contribution in [3.63, 3.8) is 0 Å². The fraction of sp³-hybridized carbons (Fsp3) is 0.929. The van der Waals surface area contributed by atoms with Gasteiger partial charge in [0.2, 0.25) is 5.91 Å². The monoisotopic (exact) mass is 270 g/mol. The SMILES string of the molecule is C[C@H](C(=O)NC(C)(C)C)N1CCC2(CC1)OCCO2. The van der Waals surface area contributed by atoms with Crippen LogP contribution < -0.4 is 5.32 Å². The predicted molar refractivity (Wildman–Crippen MR) is 72.8 cm³/mol. The van der Waals surface area contributed by atoms with Gasteiger partial charge in [-0.1, -0.05) is 0 Å². The molecule has 0 unspecified atom stereocenters. The van der Waals surface area contributed by atoms with Gasteiger partial charge in [-0.25, -0.2) is 0 Å². The van der Waals surface area contributed by atoms with Crippen LogP contribution in [-0.4, -0.2) is 54.5 Å². The van der Waals surface area contributed by atoms with Gasteiger partial charge >= 0.3 is 0 Å². The standard InChI is InChI=1S/C14H26N2O3/c1-11(12(17)15-13(2,3)4)16-7-5-14(6-8-16)18-9-10-19-14/h11H,5-10H2,1-4H3,(H,15,17)/t11-/m1/s1. The Hall–Kier alpha value is -0.650. The predicted octanol–water partition coefficient (Wildman–Crippen LogP) is 1.13. The van der Waals surface area contributed by atoms with Crippen molar-refractivity contribution < 1.29 is 14.3 Å². The number of likely N-dealkylation sites (tertiary alicyclic amines) is 1. The number of carbonyl (C=O) groups is 1. The van der Waals surface area contributed by atoms with Crippen LogP contribution in [0.4, 0.5) is 0 Å². The van der Waals surface area contributed by atoms with E-state index >= 15 is 0 Å². The first-order chi connectivity index (χ1) is 8.81. The second-order valence-electron chi connectivity index (χ2n) is 6.56. The number of hydrogen-bond donors (Lipinski definition) is 1. The number of hydrogen-bond acceptors (Lipinski definition) is 4. The zero-order valence-electron chi connectivity index (χ0n) is 12.5. The highest BCUT2D eigenvalue weighted by Gasteiger charge is 2.41. The summed E-state index contributed by atoms with van der Waals surface area (Å²) in [5.74, 6) is -0.270. The van der Waals surface area contributed by atoms with Crippen molar-refractivity contribution in [2.24, 2.45) is 0 Å². The summed E-state index contributed by atoms with van der Waals surface area (Å²) in [5.41, 5.74) is -0.181. The van der Waals surface area contributed by atoms with Gasteiger partial charge in [-0.05, 0) is 27.7 Å². The topological polar surface area (TPSA) is 50.8 Å². The van der Waals surface area contributed by atoms with Gasteiger partial charge in [-0.2, -0.15) is 0 Å². The highest BCUT2D eigenvalue weighted by molar-refractivity contribution is 5.81. The maximum atomic E-state index is 12.2. The largest absolute Gasteiger partial charge is 0.350 e. The van der Waals surface area contributed by atoms with E-state index in [0.717, 1.165) is 25.9 Å². The summed E-state index contributed by atoms with van der Waals surface area (Å²) >= 11 is 0. The molecule has 5 heteroatoms. The molecule has 2 aliphatic rings. The summed E-state index contributed by atoms with van der Waals surface area (Å²) < 4.78 is 11.4. The Morgan fingerprint density at radius 3 is 2.21 bits per heavy atom. The van der Waals surface area contributed by atoms with Crippen molar-refractivity contribution in [3.8, 4) is 0 Å². The molecule has 2 heterocycles. The first kappa shape index (κ1) is 14.8. The Kier molecular flexibility index (Phi) is 4.18. The number of nitrogens with zero attached hydrogens (tertiary/aromatic N) is 1. The van der Waals surface area contributed by atoms with Crippen molar-refractivity contribution in [2.75, 3.05) is 26.3 Å². The average Bonchev–Trinajstić information content (AvgIpc) is 2.75. The Bertz CT molecular complexity index is 322. The van der Waals surface area contributed by atoms with Crippen molar-refractivity contribution in [2.45, 2.75) is 57.9 Å². The minimum atomic E-state index is -0.364. The Morgan fingerprint density at radius 2 is 1.74 bits per heavy atom.